The number of aromatic nitrogens is 2. The first kappa shape index (κ1) is 14.6. The summed E-state index contributed by atoms with van der Waals surface area (Å²) in [6, 6.07) is 6.78. The molecule has 1 amide bonds. The van der Waals surface area contributed by atoms with Crippen LogP contribution in [-0.2, 0) is 9.63 Å². The maximum Gasteiger partial charge on any atom is 0.265 e. The number of carbonyl (C=O) groups excluding carboxylic acids is 1. The number of hydrogen-bond acceptors (Lipinski definition) is 7. The number of benzene rings is 1. The molecule has 1 aromatic heterocycles. The molecule has 1 aromatic carbocycles. The molecule has 2 rings (SSSR count). The molecule has 2 aromatic rings. The number of carbonyl (C=O) groups is 1. The number of amidine groups is 1. The fourth-order valence-electron chi connectivity index (χ4n) is 1.33. The smallest absolute Gasteiger partial charge is 0.265 e. The molecule has 0 atom stereocenters. The summed E-state index contributed by atoms with van der Waals surface area (Å²) in [5.74, 6) is -0.634. The Morgan fingerprint density at radius 1 is 1.43 bits per heavy atom. The molecular weight excluding hydrogens is 300 g/mol. The molecule has 1 heterocycles. The minimum atomic E-state index is -0.453. The molecule has 0 saturated carbocycles. The molecule has 0 aliphatic rings. The van der Waals surface area contributed by atoms with Crippen molar-refractivity contribution in [1.29, 1.82) is 0 Å². The molecular formula is C11H11ClN6O3. The Bertz CT molecular complexity index is 671. The van der Waals surface area contributed by atoms with Crippen molar-refractivity contribution < 1.29 is 14.3 Å². The second-order valence-electron chi connectivity index (χ2n) is 3.78. The average molecular weight is 311 g/mol. The molecule has 0 aliphatic heterocycles. The lowest BCUT2D eigenvalue weighted by atomic mass is 10.3. The van der Waals surface area contributed by atoms with Crippen molar-refractivity contribution in [2.75, 3.05) is 17.7 Å². The standard InChI is InChI=1S/C11H11ClN6O3/c12-6-3-1-2-4-7(6)15-8(19)5-20-17-10(13)9-11(14)18-21-16-9/h1-4H,5H2,(H2,13,17)(H2,14,18)(H,15,19). The molecule has 0 unspecified atom stereocenters. The van der Waals surface area contributed by atoms with Crippen molar-refractivity contribution >= 4 is 34.8 Å². The van der Waals surface area contributed by atoms with E-state index in [0.717, 1.165) is 0 Å². The van der Waals surface area contributed by atoms with Crippen molar-refractivity contribution in [1.82, 2.24) is 10.3 Å². The van der Waals surface area contributed by atoms with Gasteiger partial charge in [0, 0.05) is 0 Å². The van der Waals surface area contributed by atoms with Crippen LogP contribution < -0.4 is 16.8 Å². The normalized spacial score (nSPS) is 11.2. The molecule has 10 heteroatoms. The number of rotatable bonds is 5. The van der Waals surface area contributed by atoms with Gasteiger partial charge in [0.25, 0.3) is 5.91 Å². The molecule has 0 saturated heterocycles. The summed E-state index contributed by atoms with van der Waals surface area (Å²) in [5, 5.41) is 13.2. The first-order chi connectivity index (χ1) is 10.1. The van der Waals surface area contributed by atoms with Crippen LogP contribution in [0.3, 0.4) is 0 Å². The van der Waals surface area contributed by atoms with Gasteiger partial charge in [0.15, 0.2) is 24.0 Å². The lowest BCUT2D eigenvalue weighted by Gasteiger charge is -2.05. The monoisotopic (exact) mass is 310 g/mol. The van der Waals surface area contributed by atoms with Gasteiger partial charge in [-0.1, -0.05) is 28.9 Å². The van der Waals surface area contributed by atoms with Gasteiger partial charge < -0.3 is 21.6 Å². The summed E-state index contributed by atoms with van der Waals surface area (Å²) in [4.78, 5) is 16.4. The van der Waals surface area contributed by atoms with Gasteiger partial charge >= 0.3 is 0 Å². The number of nitrogens with one attached hydrogen (secondary N) is 1. The van der Waals surface area contributed by atoms with Gasteiger partial charge in [-0.05, 0) is 22.4 Å². The van der Waals surface area contributed by atoms with E-state index in [2.05, 4.69) is 25.4 Å². The Morgan fingerprint density at radius 2 is 2.19 bits per heavy atom. The lowest BCUT2D eigenvalue weighted by Crippen LogP contribution is -2.20. The number of para-hydroxylation sites is 1. The Kier molecular flexibility index (Phi) is 4.57. The van der Waals surface area contributed by atoms with E-state index < -0.39 is 5.91 Å². The zero-order valence-electron chi connectivity index (χ0n) is 10.6. The first-order valence-corrected chi connectivity index (χ1v) is 6.04. The van der Waals surface area contributed by atoms with Crippen molar-refractivity contribution in [2.24, 2.45) is 10.9 Å². The largest absolute Gasteiger partial charge is 0.384 e. The molecule has 0 bridgehead atoms. The summed E-state index contributed by atoms with van der Waals surface area (Å²) in [5.41, 5.74) is 11.5. The number of amides is 1. The van der Waals surface area contributed by atoms with E-state index in [1.165, 1.54) is 0 Å². The predicted octanol–water partition coefficient (Wildman–Crippen LogP) is 0.581. The van der Waals surface area contributed by atoms with Crippen LogP contribution in [-0.4, -0.2) is 28.7 Å². The van der Waals surface area contributed by atoms with E-state index in [9.17, 15) is 4.79 Å². The van der Waals surface area contributed by atoms with E-state index in [1.807, 2.05) is 0 Å². The van der Waals surface area contributed by atoms with Crippen molar-refractivity contribution in [3.8, 4) is 0 Å². The first-order valence-electron chi connectivity index (χ1n) is 5.66. The van der Waals surface area contributed by atoms with Crippen LogP contribution in [0.25, 0.3) is 0 Å². The molecule has 0 spiro atoms. The van der Waals surface area contributed by atoms with Gasteiger partial charge in [0.2, 0.25) is 0 Å². The average Bonchev–Trinajstić information content (AvgIpc) is 2.87. The lowest BCUT2D eigenvalue weighted by molar-refractivity contribution is -0.120. The quantitative estimate of drug-likeness (QED) is 0.416. The van der Waals surface area contributed by atoms with Crippen LogP contribution in [0.1, 0.15) is 5.69 Å². The summed E-state index contributed by atoms with van der Waals surface area (Å²) in [6.07, 6.45) is 0. The van der Waals surface area contributed by atoms with Crippen LogP contribution in [0.5, 0.6) is 0 Å². The molecule has 110 valence electrons. The van der Waals surface area contributed by atoms with E-state index in [4.69, 9.17) is 27.9 Å². The Morgan fingerprint density at radius 3 is 2.86 bits per heavy atom. The summed E-state index contributed by atoms with van der Waals surface area (Å²) in [6.45, 7) is -0.364. The zero-order chi connectivity index (χ0) is 15.2. The second-order valence-corrected chi connectivity index (χ2v) is 4.18. The van der Waals surface area contributed by atoms with Gasteiger partial charge in [0.1, 0.15) is 0 Å². The number of oxime groups is 1. The fourth-order valence-corrected chi connectivity index (χ4v) is 1.51. The molecule has 0 fully saturated rings. The van der Waals surface area contributed by atoms with E-state index in [-0.39, 0.29) is 24.0 Å². The Labute approximate surface area is 123 Å². The van der Waals surface area contributed by atoms with Crippen LogP contribution in [0.2, 0.25) is 5.02 Å². The Hall–Kier alpha value is -2.81. The Balaban J connectivity index is 1.87. The van der Waals surface area contributed by atoms with Crippen LogP contribution in [0.15, 0.2) is 34.1 Å². The van der Waals surface area contributed by atoms with Gasteiger partial charge in [-0.25, -0.2) is 4.63 Å². The number of nitrogens with two attached hydrogens (primary N) is 2. The highest BCUT2D eigenvalue weighted by atomic mass is 35.5. The zero-order valence-corrected chi connectivity index (χ0v) is 11.4. The third kappa shape index (κ3) is 3.83. The number of nitrogen functional groups attached to an aromatic ring is 1. The molecule has 0 aliphatic carbocycles. The highest BCUT2D eigenvalue weighted by Crippen LogP contribution is 2.20. The van der Waals surface area contributed by atoms with Crippen molar-refractivity contribution in [3.05, 3.63) is 35.0 Å². The second kappa shape index (κ2) is 6.57. The molecule has 21 heavy (non-hydrogen) atoms. The van der Waals surface area contributed by atoms with Gasteiger partial charge in [-0.2, -0.15) is 0 Å². The van der Waals surface area contributed by atoms with E-state index in [0.29, 0.717) is 10.7 Å². The van der Waals surface area contributed by atoms with E-state index >= 15 is 0 Å². The topological polar surface area (TPSA) is 142 Å². The van der Waals surface area contributed by atoms with Gasteiger partial charge in [0.05, 0.1) is 10.7 Å². The van der Waals surface area contributed by atoms with Gasteiger partial charge in [-0.15, -0.1) is 0 Å². The third-order valence-electron chi connectivity index (χ3n) is 2.26. The van der Waals surface area contributed by atoms with E-state index in [1.54, 1.807) is 24.3 Å². The highest BCUT2D eigenvalue weighted by Gasteiger charge is 2.11. The minimum Gasteiger partial charge on any atom is -0.384 e. The van der Waals surface area contributed by atoms with Crippen molar-refractivity contribution in [2.45, 2.75) is 0 Å². The SMILES string of the molecule is N/C(=N/OCC(=O)Nc1ccccc1Cl)c1nonc1N. The maximum absolute atomic E-state index is 11.6. The molecule has 0 radical (unpaired) electrons. The maximum atomic E-state index is 11.6. The summed E-state index contributed by atoms with van der Waals surface area (Å²) < 4.78 is 4.35. The molecule has 5 N–H and O–H groups in total. The fraction of sp³-hybridized carbons (Fsp3) is 0.0909. The summed E-state index contributed by atoms with van der Waals surface area (Å²) >= 11 is 5.90. The summed E-state index contributed by atoms with van der Waals surface area (Å²) in [7, 11) is 0. The van der Waals surface area contributed by atoms with Crippen LogP contribution >= 0.6 is 11.6 Å². The minimum absolute atomic E-state index is 0.0274. The number of halogens is 1. The third-order valence-corrected chi connectivity index (χ3v) is 2.59. The van der Waals surface area contributed by atoms with Crippen LogP contribution in [0, 0.1) is 0 Å². The van der Waals surface area contributed by atoms with Gasteiger partial charge in [-0.3, -0.25) is 4.79 Å². The highest BCUT2D eigenvalue weighted by molar-refractivity contribution is 6.33. The number of nitrogens with zero attached hydrogens (tertiary/aromatic N) is 3. The predicted molar refractivity (Wildman–Crippen MR) is 75.5 cm³/mol. The van der Waals surface area contributed by atoms with Crippen molar-refractivity contribution in [3.63, 3.8) is 0 Å². The number of anilines is 2. The molecule has 9 nitrogen and oxygen atoms in total. The van der Waals surface area contributed by atoms with Crippen LogP contribution in [0.4, 0.5) is 11.5 Å². The number of hydrogen-bond donors (Lipinski definition) is 3.